The summed E-state index contributed by atoms with van der Waals surface area (Å²) in [6.07, 6.45) is 3.00. The molecule has 0 unspecified atom stereocenters. The van der Waals surface area contributed by atoms with Crippen LogP contribution in [0.5, 0.6) is 0 Å². The maximum absolute atomic E-state index is 11.7. The molecule has 2 rings (SSSR count). The van der Waals surface area contributed by atoms with E-state index in [1.165, 1.54) is 12.4 Å². The SMILES string of the molecule is Cc1ccc(C=NNC(=O)C(=O)NN=Cc2ccc(C)cc2C)c(C)c1. The molecule has 0 fully saturated rings. The van der Waals surface area contributed by atoms with Crippen molar-refractivity contribution in [2.24, 2.45) is 10.2 Å². The number of hydrogen-bond donors (Lipinski definition) is 2. The normalized spacial score (nSPS) is 11.1. The van der Waals surface area contributed by atoms with Crippen molar-refractivity contribution in [3.63, 3.8) is 0 Å². The van der Waals surface area contributed by atoms with E-state index in [9.17, 15) is 9.59 Å². The van der Waals surface area contributed by atoms with Crippen molar-refractivity contribution in [2.75, 3.05) is 0 Å². The van der Waals surface area contributed by atoms with Gasteiger partial charge in [-0.2, -0.15) is 10.2 Å². The van der Waals surface area contributed by atoms with Crippen LogP contribution in [0.4, 0.5) is 0 Å². The van der Waals surface area contributed by atoms with E-state index in [0.717, 1.165) is 33.4 Å². The molecule has 0 spiro atoms. The Kier molecular flexibility index (Phi) is 6.38. The van der Waals surface area contributed by atoms with Crippen LogP contribution in [0.25, 0.3) is 0 Å². The van der Waals surface area contributed by atoms with Gasteiger partial charge >= 0.3 is 11.8 Å². The maximum Gasteiger partial charge on any atom is 0.331 e. The van der Waals surface area contributed by atoms with Crippen molar-refractivity contribution < 1.29 is 9.59 Å². The minimum atomic E-state index is -0.885. The molecule has 0 bridgehead atoms. The minimum absolute atomic E-state index is 0.865. The van der Waals surface area contributed by atoms with Gasteiger partial charge in [0.2, 0.25) is 0 Å². The molecule has 2 N–H and O–H groups in total. The Labute approximate surface area is 153 Å². The summed E-state index contributed by atoms with van der Waals surface area (Å²) >= 11 is 0. The molecule has 0 aliphatic carbocycles. The lowest BCUT2D eigenvalue weighted by Gasteiger charge is -2.02. The van der Waals surface area contributed by atoms with Gasteiger partial charge < -0.3 is 0 Å². The van der Waals surface area contributed by atoms with Crippen LogP contribution in [0, 0.1) is 27.7 Å². The molecule has 2 amide bonds. The van der Waals surface area contributed by atoms with Gasteiger partial charge in [-0.15, -0.1) is 0 Å². The highest BCUT2D eigenvalue weighted by molar-refractivity contribution is 6.35. The Hall–Kier alpha value is -3.28. The Bertz CT molecular complexity index is 812. The lowest BCUT2D eigenvalue weighted by Crippen LogP contribution is -2.35. The Morgan fingerprint density at radius 2 is 1.12 bits per heavy atom. The summed E-state index contributed by atoms with van der Waals surface area (Å²) in [4.78, 5) is 23.4. The van der Waals surface area contributed by atoms with Gasteiger partial charge in [0, 0.05) is 0 Å². The van der Waals surface area contributed by atoms with Crippen molar-refractivity contribution in [1.29, 1.82) is 0 Å². The summed E-state index contributed by atoms with van der Waals surface area (Å²) in [5.41, 5.74) is 10.5. The summed E-state index contributed by atoms with van der Waals surface area (Å²) in [5, 5.41) is 7.61. The number of amides is 2. The molecule has 6 heteroatoms. The minimum Gasteiger partial charge on any atom is -0.262 e. The molecule has 0 saturated heterocycles. The quantitative estimate of drug-likeness (QED) is 0.505. The van der Waals surface area contributed by atoms with E-state index >= 15 is 0 Å². The van der Waals surface area contributed by atoms with E-state index in [2.05, 4.69) is 21.1 Å². The molecule has 0 aliphatic rings. The summed E-state index contributed by atoms with van der Waals surface area (Å²) < 4.78 is 0. The van der Waals surface area contributed by atoms with Crippen LogP contribution in [0.2, 0.25) is 0 Å². The Morgan fingerprint density at radius 3 is 1.46 bits per heavy atom. The number of hydrogen-bond acceptors (Lipinski definition) is 4. The number of carbonyl (C=O) groups excluding carboxylic acids is 2. The average Bonchev–Trinajstić information content (AvgIpc) is 2.58. The van der Waals surface area contributed by atoms with E-state index < -0.39 is 11.8 Å². The smallest absolute Gasteiger partial charge is 0.262 e. The van der Waals surface area contributed by atoms with Gasteiger partial charge in [-0.1, -0.05) is 47.5 Å². The first-order valence-corrected chi connectivity index (χ1v) is 8.18. The monoisotopic (exact) mass is 350 g/mol. The molecule has 0 saturated carbocycles. The zero-order valence-electron chi connectivity index (χ0n) is 15.3. The number of benzene rings is 2. The van der Waals surface area contributed by atoms with E-state index in [0.29, 0.717) is 0 Å². The van der Waals surface area contributed by atoms with Crippen molar-refractivity contribution >= 4 is 24.2 Å². The van der Waals surface area contributed by atoms with Gasteiger partial charge in [0.1, 0.15) is 0 Å². The number of nitrogens with zero attached hydrogens (tertiary/aromatic N) is 2. The molecule has 0 atom stereocenters. The number of aryl methyl sites for hydroxylation is 4. The molecule has 0 aromatic heterocycles. The van der Waals surface area contributed by atoms with Gasteiger partial charge in [0.25, 0.3) is 0 Å². The molecule has 2 aromatic rings. The van der Waals surface area contributed by atoms with E-state index in [-0.39, 0.29) is 0 Å². The van der Waals surface area contributed by atoms with Crippen molar-refractivity contribution in [1.82, 2.24) is 10.9 Å². The largest absolute Gasteiger partial charge is 0.331 e. The van der Waals surface area contributed by atoms with Crippen molar-refractivity contribution in [3.05, 3.63) is 69.8 Å². The second-order valence-corrected chi connectivity index (χ2v) is 6.12. The van der Waals surface area contributed by atoms with Crippen LogP contribution in [0.1, 0.15) is 33.4 Å². The molecule has 134 valence electrons. The third-order valence-corrected chi connectivity index (χ3v) is 3.80. The summed E-state index contributed by atoms with van der Waals surface area (Å²) in [5.74, 6) is -1.77. The Morgan fingerprint density at radius 1 is 0.731 bits per heavy atom. The maximum atomic E-state index is 11.7. The Balaban J connectivity index is 1.88. The molecular formula is C20H22N4O2. The molecule has 26 heavy (non-hydrogen) atoms. The molecule has 6 nitrogen and oxygen atoms in total. The topological polar surface area (TPSA) is 82.9 Å². The first-order valence-electron chi connectivity index (χ1n) is 8.18. The number of nitrogens with one attached hydrogen (secondary N) is 2. The van der Waals surface area contributed by atoms with E-state index in [1.807, 2.05) is 64.1 Å². The van der Waals surface area contributed by atoms with Crippen LogP contribution < -0.4 is 10.9 Å². The summed E-state index contributed by atoms with van der Waals surface area (Å²) in [6.45, 7) is 7.90. The lowest BCUT2D eigenvalue weighted by atomic mass is 10.1. The fourth-order valence-electron chi connectivity index (χ4n) is 2.36. The van der Waals surface area contributed by atoms with Gasteiger partial charge in [-0.05, 0) is 49.9 Å². The second kappa shape index (κ2) is 8.71. The third kappa shape index (κ3) is 5.37. The predicted molar refractivity (Wildman–Crippen MR) is 103 cm³/mol. The average molecular weight is 350 g/mol. The van der Waals surface area contributed by atoms with Crippen LogP contribution in [0.3, 0.4) is 0 Å². The first-order chi connectivity index (χ1) is 12.4. The number of carbonyl (C=O) groups is 2. The highest BCUT2D eigenvalue weighted by atomic mass is 16.2. The third-order valence-electron chi connectivity index (χ3n) is 3.80. The number of rotatable bonds is 4. The van der Waals surface area contributed by atoms with Gasteiger partial charge in [0.15, 0.2) is 0 Å². The van der Waals surface area contributed by atoms with E-state index in [1.54, 1.807) is 0 Å². The van der Waals surface area contributed by atoms with Crippen LogP contribution in [0.15, 0.2) is 46.6 Å². The highest BCUT2D eigenvalue weighted by Crippen LogP contribution is 2.08. The molecular weight excluding hydrogens is 328 g/mol. The van der Waals surface area contributed by atoms with Gasteiger partial charge in [-0.25, -0.2) is 10.9 Å². The standard InChI is InChI=1S/C20H22N4O2/c1-13-5-7-17(15(3)9-13)11-21-23-19(25)20(26)24-22-12-18-8-6-14(2)10-16(18)4/h5-12H,1-4H3,(H,23,25)(H,24,26). The molecule has 2 aromatic carbocycles. The fourth-order valence-corrected chi connectivity index (χ4v) is 2.36. The number of hydrazone groups is 2. The highest BCUT2D eigenvalue weighted by Gasteiger charge is 2.11. The first kappa shape index (κ1) is 19.1. The van der Waals surface area contributed by atoms with Crippen LogP contribution in [-0.2, 0) is 9.59 Å². The van der Waals surface area contributed by atoms with Crippen LogP contribution in [-0.4, -0.2) is 24.2 Å². The zero-order valence-corrected chi connectivity index (χ0v) is 15.3. The predicted octanol–water partition coefficient (Wildman–Crippen LogP) is 2.52. The van der Waals surface area contributed by atoms with Crippen LogP contribution >= 0.6 is 0 Å². The fraction of sp³-hybridized carbons (Fsp3) is 0.200. The molecule has 0 aliphatic heterocycles. The lowest BCUT2D eigenvalue weighted by molar-refractivity contribution is -0.139. The van der Waals surface area contributed by atoms with Gasteiger partial charge in [-0.3, -0.25) is 9.59 Å². The van der Waals surface area contributed by atoms with Crippen molar-refractivity contribution in [3.8, 4) is 0 Å². The second-order valence-electron chi connectivity index (χ2n) is 6.12. The van der Waals surface area contributed by atoms with Crippen molar-refractivity contribution in [2.45, 2.75) is 27.7 Å². The molecule has 0 radical (unpaired) electrons. The zero-order chi connectivity index (χ0) is 19.1. The summed E-state index contributed by atoms with van der Waals surface area (Å²) in [7, 11) is 0. The van der Waals surface area contributed by atoms with E-state index in [4.69, 9.17) is 0 Å². The summed E-state index contributed by atoms with van der Waals surface area (Å²) in [6, 6.07) is 11.7. The molecule has 0 heterocycles. The van der Waals surface area contributed by atoms with Gasteiger partial charge in [0.05, 0.1) is 12.4 Å².